The summed E-state index contributed by atoms with van der Waals surface area (Å²) in [5, 5.41) is 10.3. The number of fused-ring (bicyclic) bond motifs is 1. The fourth-order valence-corrected chi connectivity index (χ4v) is 3.70. The molecule has 0 amide bonds. The molecule has 2 N–H and O–H groups in total. The summed E-state index contributed by atoms with van der Waals surface area (Å²) >= 11 is 1.02. The van der Waals surface area contributed by atoms with Gasteiger partial charge in [-0.15, -0.1) is 35.3 Å². The van der Waals surface area contributed by atoms with E-state index in [-0.39, 0.29) is 24.0 Å². The van der Waals surface area contributed by atoms with Crippen molar-refractivity contribution in [3.05, 3.63) is 64.1 Å². The first kappa shape index (κ1) is 23.4. The highest BCUT2D eigenvalue weighted by atomic mass is 127. The zero-order valence-corrected chi connectivity index (χ0v) is 18.9. The van der Waals surface area contributed by atoms with Gasteiger partial charge in [-0.05, 0) is 22.8 Å². The first-order chi connectivity index (χ1) is 13.5. The Balaban J connectivity index is 0.00000300. The number of thiazole rings is 1. The van der Waals surface area contributed by atoms with E-state index < -0.39 is 11.9 Å². The molecule has 156 valence electrons. The van der Waals surface area contributed by atoms with E-state index in [9.17, 15) is 13.2 Å². The minimum Gasteiger partial charge on any atom is -0.356 e. The van der Waals surface area contributed by atoms with Crippen LogP contribution in [0.2, 0.25) is 0 Å². The Labute approximate surface area is 188 Å². The molecular weight excluding hydrogens is 512 g/mol. The summed E-state index contributed by atoms with van der Waals surface area (Å²) in [5.74, 6) is 0.618. The van der Waals surface area contributed by atoms with Crippen LogP contribution in [0.25, 0.3) is 10.8 Å². The summed E-state index contributed by atoms with van der Waals surface area (Å²) < 4.78 is 37.7. The van der Waals surface area contributed by atoms with Crippen molar-refractivity contribution in [3.63, 3.8) is 0 Å². The van der Waals surface area contributed by atoms with Crippen molar-refractivity contribution in [3.8, 4) is 0 Å². The zero-order valence-electron chi connectivity index (χ0n) is 15.8. The van der Waals surface area contributed by atoms with Gasteiger partial charge in [-0.3, -0.25) is 4.99 Å². The Bertz CT molecular complexity index is 951. The van der Waals surface area contributed by atoms with Crippen LogP contribution in [0.1, 0.15) is 16.3 Å². The van der Waals surface area contributed by atoms with Gasteiger partial charge >= 0.3 is 6.18 Å². The summed E-state index contributed by atoms with van der Waals surface area (Å²) in [6.45, 7) is 1.15. The summed E-state index contributed by atoms with van der Waals surface area (Å²) in [6, 6.07) is 14.5. The molecule has 0 saturated carbocycles. The minimum atomic E-state index is -4.39. The van der Waals surface area contributed by atoms with Crippen molar-refractivity contribution < 1.29 is 13.2 Å². The Morgan fingerprint density at radius 2 is 1.72 bits per heavy atom. The fourth-order valence-electron chi connectivity index (χ4n) is 2.89. The molecule has 0 unspecified atom stereocenters. The average molecular weight is 534 g/mol. The summed E-state index contributed by atoms with van der Waals surface area (Å²) in [7, 11) is 1.67. The van der Waals surface area contributed by atoms with Crippen LogP contribution < -0.4 is 10.6 Å². The van der Waals surface area contributed by atoms with E-state index in [2.05, 4.69) is 44.9 Å². The second-order valence-electron chi connectivity index (χ2n) is 6.19. The highest BCUT2D eigenvalue weighted by molar-refractivity contribution is 14.0. The molecule has 0 radical (unpaired) electrons. The largest absolute Gasteiger partial charge is 0.434 e. The van der Waals surface area contributed by atoms with Gasteiger partial charge in [0.05, 0.1) is 5.01 Å². The van der Waals surface area contributed by atoms with Crippen molar-refractivity contribution in [1.82, 2.24) is 15.6 Å². The Kier molecular flexibility index (Phi) is 8.69. The molecule has 0 fully saturated rings. The van der Waals surface area contributed by atoms with Crippen LogP contribution in [0.15, 0.2) is 52.8 Å². The predicted octanol–water partition coefficient (Wildman–Crippen LogP) is 4.88. The zero-order chi connectivity index (χ0) is 20.0. The molecule has 0 atom stereocenters. The van der Waals surface area contributed by atoms with Gasteiger partial charge in [0.15, 0.2) is 11.7 Å². The molecule has 3 aromatic rings. The van der Waals surface area contributed by atoms with Gasteiger partial charge in [-0.2, -0.15) is 13.2 Å². The van der Waals surface area contributed by atoms with Crippen LogP contribution in [0.4, 0.5) is 13.2 Å². The molecule has 0 spiro atoms. The smallest absolute Gasteiger partial charge is 0.356 e. The normalized spacial score (nSPS) is 11.9. The topological polar surface area (TPSA) is 49.3 Å². The van der Waals surface area contributed by atoms with Gasteiger partial charge in [0.25, 0.3) is 0 Å². The van der Waals surface area contributed by atoms with Gasteiger partial charge in [0, 0.05) is 31.9 Å². The molecule has 2 aromatic carbocycles. The van der Waals surface area contributed by atoms with Crippen molar-refractivity contribution in [1.29, 1.82) is 0 Å². The summed E-state index contributed by atoms with van der Waals surface area (Å²) in [5.41, 5.74) is 0.425. The van der Waals surface area contributed by atoms with E-state index in [0.717, 1.165) is 23.1 Å². The predicted molar refractivity (Wildman–Crippen MR) is 123 cm³/mol. The number of nitrogens with one attached hydrogen (secondary N) is 2. The van der Waals surface area contributed by atoms with Crippen molar-refractivity contribution >= 4 is 52.0 Å². The first-order valence-corrected chi connectivity index (χ1v) is 9.78. The number of aromatic nitrogens is 1. The molecule has 29 heavy (non-hydrogen) atoms. The van der Waals surface area contributed by atoms with Crippen LogP contribution in [0, 0.1) is 0 Å². The number of aliphatic imine (C=N–C) groups is 1. The maximum Gasteiger partial charge on any atom is 0.434 e. The van der Waals surface area contributed by atoms with Gasteiger partial charge in [0.2, 0.25) is 0 Å². The molecule has 0 saturated heterocycles. The molecule has 1 aromatic heterocycles. The second kappa shape index (κ2) is 10.8. The lowest BCUT2D eigenvalue weighted by Gasteiger charge is -2.12. The molecule has 0 aliphatic carbocycles. The molecule has 3 rings (SSSR count). The number of rotatable bonds is 6. The summed E-state index contributed by atoms with van der Waals surface area (Å²) in [6.07, 6.45) is -3.14. The van der Waals surface area contributed by atoms with Crippen molar-refractivity contribution in [2.45, 2.75) is 19.0 Å². The van der Waals surface area contributed by atoms with E-state index in [1.165, 1.54) is 16.3 Å². The van der Waals surface area contributed by atoms with Crippen LogP contribution in [0.3, 0.4) is 0 Å². The number of nitrogens with zero attached hydrogens (tertiary/aromatic N) is 2. The van der Waals surface area contributed by atoms with Gasteiger partial charge in [-0.1, -0.05) is 42.5 Å². The quantitative estimate of drug-likeness (QED) is 0.269. The summed E-state index contributed by atoms with van der Waals surface area (Å²) in [4.78, 5) is 7.78. The van der Waals surface area contributed by atoms with E-state index in [4.69, 9.17) is 0 Å². The first-order valence-electron chi connectivity index (χ1n) is 8.90. The van der Waals surface area contributed by atoms with Gasteiger partial charge < -0.3 is 10.6 Å². The Hall–Kier alpha value is -1.88. The van der Waals surface area contributed by atoms with Crippen LogP contribution >= 0.6 is 35.3 Å². The minimum absolute atomic E-state index is 0. The van der Waals surface area contributed by atoms with E-state index in [1.807, 2.05) is 18.2 Å². The maximum absolute atomic E-state index is 12.6. The number of hydrogen-bond acceptors (Lipinski definition) is 3. The molecular formula is C20H22F3IN4S. The lowest BCUT2D eigenvalue weighted by Crippen LogP contribution is -2.39. The molecule has 4 nitrogen and oxygen atoms in total. The fraction of sp³-hybridized carbons (Fsp3) is 0.300. The average Bonchev–Trinajstić information content (AvgIpc) is 3.16. The Morgan fingerprint density at radius 3 is 2.41 bits per heavy atom. The standard InChI is InChI=1S/C20H21F3N4S.HI/c1-24-19(26-12-10-18-27-17(13-28-18)20(21,22)23)25-11-9-15-7-4-6-14-5-2-3-8-16(14)15;/h2-8,13H,9-12H2,1H3,(H2,24,25,26);1H. The van der Waals surface area contributed by atoms with Crippen molar-refractivity contribution in [2.75, 3.05) is 20.1 Å². The number of halogens is 4. The highest BCUT2D eigenvalue weighted by Crippen LogP contribution is 2.30. The number of alkyl halides is 3. The molecule has 9 heteroatoms. The maximum atomic E-state index is 12.6. The molecule has 0 bridgehead atoms. The Morgan fingerprint density at radius 1 is 1.03 bits per heavy atom. The van der Waals surface area contributed by atoms with E-state index in [0.29, 0.717) is 30.5 Å². The lowest BCUT2D eigenvalue weighted by molar-refractivity contribution is -0.140. The monoisotopic (exact) mass is 534 g/mol. The third-order valence-corrected chi connectivity index (χ3v) is 5.17. The van der Waals surface area contributed by atoms with Gasteiger partial charge in [0.1, 0.15) is 0 Å². The number of hydrogen-bond donors (Lipinski definition) is 2. The molecule has 0 aliphatic rings. The number of guanidine groups is 1. The van der Waals surface area contributed by atoms with Crippen LogP contribution in [0.5, 0.6) is 0 Å². The van der Waals surface area contributed by atoms with E-state index >= 15 is 0 Å². The van der Waals surface area contributed by atoms with Crippen LogP contribution in [-0.2, 0) is 19.0 Å². The molecule has 1 heterocycles. The lowest BCUT2D eigenvalue weighted by atomic mass is 10.0. The third kappa shape index (κ3) is 6.56. The highest BCUT2D eigenvalue weighted by Gasteiger charge is 2.33. The second-order valence-corrected chi connectivity index (χ2v) is 7.13. The van der Waals surface area contributed by atoms with E-state index in [1.54, 1.807) is 7.05 Å². The molecule has 0 aliphatic heterocycles. The van der Waals surface area contributed by atoms with Crippen LogP contribution in [-0.4, -0.2) is 31.1 Å². The van der Waals surface area contributed by atoms with Gasteiger partial charge in [-0.25, -0.2) is 4.98 Å². The number of benzene rings is 2. The SMILES string of the molecule is CN=C(NCCc1nc(C(F)(F)F)cs1)NCCc1cccc2ccccc12.I. The van der Waals surface area contributed by atoms with Crippen molar-refractivity contribution in [2.24, 2.45) is 4.99 Å². The third-order valence-electron chi connectivity index (χ3n) is 4.26.